The highest BCUT2D eigenvalue weighted by molar-refractivity contribution is 7.93. The molecule has 2 N–H and O–H groups in total. The van der Waals surface area contributed by atoms with Gasteiger partial charge in [0, 0.05) is 17.3 Å². The van der Waals surface area contributed by atoms with Crippen LogP contribution in [0, 0.1) is 0 Å². The molecule has 0 fully saturated rings. The van der Waals surface area contributed by atoms with E-state index in [1.54, 1.807) is 5.38 Å². The monoisotopic (exact) mass is 355 g/mol. The van der Waals surface area contributed by atoms with E-state index in [1.165, 1.54) is 41.8 Å². The number of amides is 1. The molecule has 0 spiro atoms. The largest absolute Gasteiger partial charge is 0.449 e. The summed E-state index contributed by atoms with van der Waals surface area (Å²) in [6.07, 6.45) is 2.69. The van der Waals surface area contributed by atoms with E-state index < -0.39 is 16.1 Å². The number of benzene rings is 1. The van der Waals surface area contributed by atoms with Crippen molar-refractivity contribution in [2.45, 2.75) is 24.7 Å². The number of nitrogens with zero attached hydrogens (tertiary/aromatic N) is 1. The molecule has 2 rings (SSSR count). The minimum atomic E-state index is -3.69. The van der Waals surface area contributed by atoms with Gasteiger partial charge in [0.05, 0.1) is 11.5 Å². The molecule has 1 amide bonds. The molecular weight excluding hydrogens is 338 g/mol. The summed E-state index contributed by atoms with van der Waals surface area (Å²) < 4.78 is 31.6. The number of anilines is 2. The Morgan fingerprint density at radius 2 is 2.04 bits per heavy atom. The molecule has 0 aliphatic carbocycles. The molecular formula is C14H17N3O4S2. The second kappa shape index (κ2) is 7.93. The molecule has 0 bridgehead atoms. The Hall–Kier alpha value is -2.13. The van der Waals surface area contributed by atoms with E-state index in [1.807, 2.05) is 6.92 Å². The lowest BCUT2D eigenvalue weighted by molar-refractivity contribution is 0.160. The summed E-state index contributed by atoms with van der Waals surface area (Å²) in [4.78, 5) is 15.5. The molecule has 9 heteroatoms. The Morgan fingerprint density at radius 1 is 1.30 bits per heavy atom. The third-order valence-corrected chi connectivity index (χ3v) is 4.97. The Balaban J connectivity index is 1.97. The maximum Gasteiger partial charge on any atom is 0.411 e. The van der Waals surface area contributed by atoms with Crippen molar-refractivity contribution < 1.29 is 17.9 Å². The van der Waals surface area contributed by atoms with Crippen LogP contribution in [0.3, 0.4) is 0 Å². The molecule has 1 aromatic heterocycles. The maximum atomic E-state index is 12.2. The second-order valence-corrected chi connectivity index (χ2v) is 7.16. The number of carbonyl (C=O) groups excluding carboxylic acids is 1. The average molecular weight is 355 g/mol. The molecule has 0 aliphatic rings. The number of nitrogens with one attached hydrogen (secondary N) is 2. The fourth-order valence-corrected chi connectivity index (χ4v) is 3.42. The fourth-order valence-electron chi connectivity index (χ4n) is 1.63. The highest BCUT2D eigenvalue weighted by Gasteiger charge is 2.15. The number of rotatable bonds is 7. The standard InChI is InChI=1S/C14H17N3O4S2/c1-2-3-9-21-14(18)16-11-4-6-12(7-5-11)23(19,20)17-13-15-8-10-22-13/h4-8,10H,2-3,9H2,1H3,(H,15,17)(H,16,18). The van der Waals surface area contributed by atoms with Crippen molar-refractivity contribution >= 4 is 38.3 Å². The topological polar surface area (TPSA) is 97.4 Å². The Morgan fingerprint density at radius 3 is 2.65 bits per heavy atom. The summed E-state index contributed by atoms with van der Waals surface area (Å²) in [6.45, 7) is 2.35. The minimum absolute atomic E-state index is 0.0811. The Labute approximate surface area is 138 Å². The SMILES string of the molecule is CCCCOC(=O)Nc1ccc(S(=O)(=O)Nc2nccs2)cc1. The van der Waals surface area contributed by atoms with Crippen LogP contribution in [-0.4, -0.2) is 26.1 Å². The number of carbonyl (C=O) groups is 1. The first-order valence-corrected chi connectivity index (χ1v) is 9.33. The van der Waals surface area contributed by atoms with Crippen molar-refractivity contribution in [1.82, 2.24) is 4.98 Å². The van der Waals surface area contributed by atoms with Crippen LogP contribution in [0.4, 0.5) is 15.6 Å². The van der Waals surface area contributed by atoms with Gasteiger partial charge in [0.2, 0.25) is 0 Å². The van der Waals surface area contributed by atoms with Gasteiger partial charge in [0.25, 0.3) is 10.0 Å². The summed E-state index contributed by atoms with van der Waals surface area (Å²) in [5, 5.41) is 4.51. The van der Waals surface area contributed by atoms with Gasteiger partial charge in [0.1, 0.15) is 0 Å². The van der Waals surface area contributed by atoms with Crippen molar-refractivity contribution in [1.29, 1.82) is 0 Å². The average Bonchev–Trinajstić information content (AvgIpc) is 3.00. The molecule has 23 heavy (non-hydrogen) atoms. The van der Waals surface area contributed by atoms with E-state index in [-0.39, 0.29) is 4.90 Å². The molecule has 2 aromatic rings. The number of unbranched alkanes of at least 4 members (excludes halogenated alkanes) is 1. The summed E-state index contributed by atoms with van der Waals surface area (Å²) in [6, 6.07) is 5.80. The van der Waals surface area contributed by atoms with E-state index in [0.29, 0.717) is 17.4 Å². The summed E-state index contributed by atoms with van der Waals surface area (Å²) in [5.74, 6) is 0. The first-order valence-electron chi connectivity index (χ1n) is 6.97. The lowest BCUT2D eigenvalue weighted by Crippen LogP contribution is -2.15. The van der Waals surface area contributed by atoms with Gasteiger partial charge in [-0.2, -0.15) is 0 Å². The predicted octanol–water partition coefficient (Wildman–Crippen LogP) is 3.29. The van der Waals surface area contributed by atoms with Crippen LogP contribution < -0.4 is 10.0 Å². The fraction of sp³-hybridized carbons (Fsp3) is 0.286. The zero-order valence-electron chi connectivity index (χ0n) is 12.5. The molecule has 0 radical (unpaired) electrons. The Bertz CT molecular complexity index is 728. The summed E-state index contributed by atoms with van der Waals surface area (Å²) in [5.41, 5.74) is 0.458. The maximum absolute atomic E-state index is 12.2. The lowest BCUT2D eigenvalue weighted by atomic mass is 10.3. The summed E-state index contributed by atoms with van der Waals surface area (Å²) >= 11 is 1.19. The van der Waals surface area contributed by atoms with E-state index in [2.05, 4.69) is 15.0 Å². The molecule has 7 nitrogen and oxygen atoms in total. The normalized spacial score (nSPS) is 11.0. The van der Waals surface area contributed by atoms with Crippen LogP contribution in [0.25, 0.3) is 0 Å². The molecule has 1 aromatic carbocycles. The van der Waals surface area contributed by atoms with E-state index in [0.717, 1.165) is 12.8 Å². The zero-order chi connectivity index (χ0) is 16.7. The minimum Gasteiger partial charge on any atom is -0.449 e. The van der Waals surface area contributed by atoms with Gasteiger partial charge in [-0.25, -0.2) is 18.2 Å². The van der Waals surface area contributed by atoms with Crippen LogP contribution in [0.2, 0.25) is 0 Å². The van der Waals surface area contributed by atoms with Crippen LogP contribution in [0.5, 0.6) is 0 Å². The van der Waals surface area contributed by atoms with E-state index in [4.69, 9.17) is 4.74 Å². The first-order chi connectivity index (χ1) is 11.0. The van der Waals surface area contributed by atoms with Crippen LogP contribution in [0.15, 0.2) is 40.7 Å². The van der Waals surface area contributed by atoms with Gasteiger partial charge in [-0.15, -0.1) is 11.3 Å². The van der Waals surface area contributed by atoms with Crippen molar-refractivity contribution in [2.75, 3.05) is 16.6 Å². The molecule has 0 unspecified atom stereocenters. The zero-order valence-corrected chi connectivity index (χ0v) is 14.1. The number of aromatic nitrogens is 1. The highest BCUT2D eigenvalue weighted by atomic mass is 32.2. The number of hydrogen-bond donors (Lipinski definition) is 2. The summed E-state index contributed by atoms with van der Waals surface area (Å²) in [7, 11) is -3.69. The van der Waals surface area contributed by atoms with Crippen molar-refractivity contribution in [3.63, 3.8) is 0 Å². The molecule has 0 saturated carbocycles. The highest BCUT2D eigenvalue weighted by Crippen LogP contribution is 2.19. The number of ether oxygens (including phenoxy) is 1. The van der Waals surface area contributed by atoms with Gasteiger partial charge < -0.3 is 4.74 Å². The van der Waals surface area contributed by atoms with E-state index >= 15 is 0 Å². The third-order valence-electron chi connectivity index (χ3n) is 2.80. The molecule has 1 heterocycles. The second-order valence-electron chi connectivity index (χ2n) is 4.58. The third kappa shape index (κ3) is 5.22. The smallest absolute Gasteiger partial charge is 0.411 e. The Kier molecular flexibility index (Phi) is 5.94. The van der Waals surface area contributed by atoms with Gasteiger partial charge >= 0.3 is 6.09 Å². The van der Waals surface area contributed by atoms with Crippen molar-refractivity contribution in [3.05, 3.63) is 35.8 Å². The first kappa shape index (κ1) is 17.2. The number of thiazole rings is 1. The lowest BCUT2D eigenvalue weighted by Gasteiger charge is -2.08. The van der Waals surface area contributed by atoms with Gasteiger partial charge in [-0.1, -0.05) is 13.3 Å². The molecule has 0 aliphatic heterocycles. The van der Waals surface area contributed by atoms with E-state index in [9.17, 15) is 13.2 Å². The number of hydrogen-bond acceptors (Lipinski definition) is 6. The molecule has 0 atom stereocenters. The van der Waals surface area contributed by atoms with Gasteiger partial charge in [-0.05, 0) is 30.7 Å². The van der Waals surface area contributed by atoms with Crippen molar-refractivity contribution in [2.24, 2.45) is 0 Å². The van der Waals surface area contributed by atoms with Crippen molar-refractivity contribution in [3.8, 4) is 0 Å². The molecule has 124 valence electrons. The van der Waals surface area contributed by atoms with Crippen LogP contribution >= 0.6 is 11.3 Å². The van der Waals surface area contributed by atoms with Crippen LogP contribution in [0.1, 0.15) is 19.8 Å². The predicted molar refractivity (Wildman–Crippen MR) is 89.2 cm³/mol. The quantitative estimate of drug-likeness (QED) is 0.743. The van der Waals surface area contributed by atoms with Gasteiger partial charge in [-0.3, -0.25) is 10.0 Å². The number of sulfonamides is 1. The van der Waals surface area contributed by atoms with Crippen LogP contribution in [-0.2, 0) is 14.8 Å². The van der Waals surface area contributed by atoms with Gasteiger partial charge in [0.15, 0.2) is 5.13 Å². The molecule has 0 saturated heterocycles.